The van der Waals surface area contributed by atoms with Crippen LogP contribution in [0.2, 0.25) is 0 Å². The molecule has 3 unspecified atom stereocenters. The molecule has 1 saturated heterocycles. The van der Waals surface area contributed by atoms with Crippen LogP contribution < -0.4 is 5.73 Å². The third kappa shape index (κ3) is 3.05. The Bertz CT molecular complexity index is 468. The van der Waals surface area contributed by atoms with E-state index < -0.39 is 0 Å². The molecule has 0 aromatic carbocycles. The molecule has 2 fully saturated rings. The predicted octanol–water partition coefficient (Wildman–Crippen LogP) is 1.44. The van der Waals surface area contributed by atoms with Crippen LogP contribution in [0.4, 0.5) is 0 Å². The molecular weight excluding hydrogens is 299 g/mol. The van der Waals surface area contributed by atoms with E-state index in [1.165, 1.54) is 0 Å². The Kier molecular flexibility index (Phi) is 5.74. The van der Waals surface area contributed by atoms with Crippen LogP contribution in [0.15, 0.2) is 12.4 Å². The van der Waals surface area contributed by atoms with Gasteiger partial charge in [0, 0.05) is 25.3 Å². The lowest BCUT2D eigenvalue weighted by Gasteiger charge is -2.18. The Hall–Kier alpha value is -0.910. The van der Waals surface area contributed by atoms with E-state index in [0.717, 1.165) is 31.6 Å². The van der Waals surface area contributed by atoms with Gasteiger partial charge in [-0.2, -0.15) is 0 Å². The molecule has 3 rings (SSSR count). The van der Waals surface area contributed by atoms with E-state index in [9.17, 15) is 4.79 Å². The van der Waals surface area contributed by atoms with Gasteiger partial charge in [-0.15, -0.1) is 24.8 Å². The quantitative estimate of drug-likeness (QED) is 0.850. The highest BCUT2D eigenvalue weighted by molar-refractivity contribution is 5.92. The third-order valence-corrected chi connectivity index (χ3v) is 4.20. The molecule has 3 atom stereocenters. The first-order valence-electron chi connectivity index (χ1n) is 6.48. The summed E-state index contributed by atoms with van der Waals surface area (Å²) >= 11 is 0. The predicted molar refractivity (Wildman–Crippen MR) is 81.4 cm³/mol. The minimum absolute atomic E-state index is 0. The maximum Gasteiger partial charge on any atom is 0.274 e. The second-order valence-corrected chi connectivity index (χ2v) is 5.42. The number of likely N-dealkylation sites (tertiary alicyclic amines) is 1. The first kappa shape index (κ1) is 17.1. The van der Waals surface area contributed by atoms with Gasteiger partial charge in [0.1, 0.15) is 5.69 Å². The zero-order valence-corrected chi connectivity index (χ0v) is 13.0. The SMILES string of the molecule is Cc1cnc(C(=O)N2CC3CCC(N)C3C2)cn1.Cl.Cl. The van der Waals surface area contributed by atoms with E-state index in [1.54, 1.807) is 12.4 Å². The second kappa shape index (κ2) is 6.70. The molecule has 7 heteroatoms. The van der Waals surface area contributed by atoms with Crippen LogP contribution in [0.1, 0.15) is 29.0 Å². The standard InChI is InChI=1S/C13H18N4O.2ClH/c1-8-4-16-12(5-15-8)13(18)17-6-9-2-3-11(14)10(9)7-17;;/h4-5,9-11H,2-3,6-7,14H2,1H3;2*1H. The van der Waals surface area contributed by atoms with Gasteiger partial charge in [-0.25, -0.2) is 4.98 Å². The third-order valence-electron chi connectivity index (χ3n) is 4.20. The Balaban J connectivity index is 0.000001000. The van der Waals surface area contributed by atoms with Gasteiger partial charge < -0.3 is 10.6 Å². The number of rotatable bonds is 1. The molecule has 0 bridgehead atoms. The molecular formula is C13H20Cl2N4O. The molecule has 1 aromatic heterocycles. The van der Waals surface area contributed by atoms with Crippen molar-refractivity contribution in [2.75, 3.05) is 13.1 Å². The summed E-state index contributed by atoms with van der Waals surface area (Å²) in [4.78, 5) is 22.4. The zero-order chi connectivity index (χ0) is 12.7. The lowest BCUT2D eigenvalue weighted by Crippen LogP contribution is -2.33. The molecule has 2 aliphatic rings. The van der Waals surface area contributed by atoms with Gasteiger partial charge >= 0.3 is 0 Å². The van der Waals surface area contributed by atoms with Gasteiger partial charge in [-0.1, -0.05) is 0 Å². The highest BCUT2D eigenvalue weighted by Gasteiger charge is 2.42. The summed E-state index contributed by atoms with van der Waals surface area (Å²) < 4.78 is 0. The molecule has 20 heavy (non-hydrogen) atoms. The molecule has 2 heterocycles. The Morgan fingerprint density at radius 3 is 2.60 bits per heavy atom. The largest absolute Gasteiger partial charge is 0.337 e. The molecule has 0 spiro atoms. The highest BCUT2D eigenvalue weighted by atomic mass is 35.5. The average Bonchev–Trinajstić information content (AvgIpc) is 2.92. The smallest absolute Gasteiger partial charge is 0.274 e. The number of aryl methyl sites for hydroxylation is 1. The number of hydrogen-bond acceptors (Lipinski definition) is 4. The summed E-state index contributed by atoms with van der Waals surface area (Å²) in [5.74, 6) is 1.05. The van der Waals surface area contributed by atoms with Crippen molar-refractivity contribution in [1.29, 1.82) is 0 Å². The number of hydrogen-bond donors (Lipinski definition) is 1. The van der Waals surface area contributed by atoms with Gasteiger partial charge in [0.05, 0.1) is 11.9 Å². The zero-order valence-electron chi connectivity index (χ0n) is 11.4. The second-order valence-electron chi connectivity index (χ2n) is 5.42. The summed E-state index contributed by atoms with van der Waals surface area (Å²) in [6, 6.07) is 0.261. The van der Waals surface area contributed by atoms with Crippen molar-refractivity contribution >= 4 is 30.7 Å². The van der Waals surface area contributed by atoms with E-state index in [0.29, 0.717) is 17.5 Å². The number of fused-ring (bicyclic) bond motifs is 1. The van der Waals surface area contributed by atoms with Crippen LogP contribution in [0, 0.1) is 18.8 Å². The van der Waals surface area contributed by atoms with Crippen LogP contribution in [-0.2, 0) is 0 Å². The fourth-order valence-corrected chi connectivity index (χ4v) is 3.14. The Labute approximate surface area is 131 Å². The minimum atomic E-state index is -0.0101. The molecule has 1 saturated carbocycles. The Morgan fingerprint density at radius 2 is 2.00 bits per heavy atom. The summed E-state index contributed by atoms with van der Waals surface area (Å²) in [6.45, 7) is 3.47. The molecule has 1 aliphatic carbocycles. The van der Waals surface area contributed by atoms with Gasteiger partial charge in [0.25, 0.3) is 5.91 Å². The summed E-state index contributed by atoms with van der Waals surface area (Å²) in [6.07, 6.45) is 5.44. The Morgan fingerprint density at radius 1 is 1.25 bits per heavy atom. The average molecular weight is 319 g/mol. The van der Waals surface area contributed by atoms with Crippen LogP contribution in [0.5, 0.6) is 0 Å². The van der Waals surface area contributed by atoms with E-state index in [2.05, 4.69) is 9.97 Å². The van der Waals surface area contributed by atoms with Crippen LogP contribution in [0.25, 0.3) is 0 Å². The number of nitrogens with zero attached hydrogens (tertiary/aromatic N) is 3. The fraction of sp³-hybridized carbons (Fsp3) is 0.615. The number of carbonyl (C=O) groups excluding carboxylic acids is 1. The lowest BCUT2D eigenvalue weighted by molar-refractivity contribution is 0.0773. The van der Waals surface area contributed by atoms with Crippen molar-refractivity contribution in [1.82, 2.24) is 14.9 Å². The first-order valence-corrected chi connectivity index (χ1v) is 6.48. The van der Waals surface area contributed by atoms with Crippen molar-refractivity contribution in [2.45, 2.75) is 25.8 Å². The van der Waals surface area contributed by atoms with E-state index in [4.69, 9.17) is 5.73 Å². The number of carbonyl (C=O) groups is 1. The van der Waals surface area contributed by atoms with Gasteiger partial charge in [-0.3, -0.25) is 9.78 Å². The van der Waals surface area contributed by atoms with Crippen LogP contribution in [-0.4, -0.2) is 39.9 Å². The monoisotopic (exact) mass is 318 g/mol. The summed E-state index contributed by atoms with van der Waals surface area (Å²) in [7, 11) is 0. The van der Waals surface area contributed by atoms with Gasteiger partial charge in [0.15, 0.2) is 0 Å². The molecule has 1 aromatic rings. The maximum absolute atomic E-state index is 12.3. The first-order chi connectivity index (χ1) is 8.65. The fourth-order valence-electron chi connectivity index (χ4n) is 3.14. The van der Waals surface area contributed by atoms with Crippen molar-refractivity contribution in [3.8, 4) is 0 Å². The highest BCUT2D eigenvalue weighted by Crippen LogP contribution is 2.37. The normalized spacial score (nSPS) is 27.5. The molecule has 112 valence electrons. The number of nitrogens with two attached hydrogens (primary N) is 1. The molecule has 1 amide bonds. The number of halogens is 2. The van der Waals surface area contributed by atoms with E-state index >= 15 is 0 Å². The van der Waals surface area contributed by atoms with Crippen molar-refractivity contribution in [3.63, 3.8) is 0 Å². The topological polar surface area (TPSA) is 72.1 Å². The number of aromatic nitrogens is 2. The summed E-state index contributed by atoms with van der Waals surface area (Å²) in [5.41, 5.74) is 7.34. The van der Waals surface area contributed by atoms with Crippen molar-refractivity contribution in [2.24, 2.45) is 17.6 Å². The maximum atomic E-state index is 12.3. The molecule has 0 radical (unpaired) electrons. The molecule has 5 nitrogen and oxygen atoms in total. The molecule has 2 N–H and O–H groups in total. The molecule has 1 aliphatic heterocycles. The summed E-state index contributed by atoms with van der Waals surface area (Å²) in [5, 5.41) is 0. The van der Waals surface area contributed by atoms with E-state index in [1.807, 2.05) is 11.8 Å². The minimum Gasteiger partial charge on any atom is -0.337 e. The van der Waals surface area contributed by atoms with Gasteiger partial charge in [-0.05, 0) is 31.6 Å². The van der Waals surface area contributed by atoms with Crippen LogP contribution in [0.3, 0.4) is 0 Å². The van der Waals surface area contributed by atoms with Crippen LogP contribution >= 0.6 is 24.8 Å². The van der Waals surface area contributed by atoms with E-state index in [-0.39, 0.29) is 36.8 Å². The number of amides is 1. The van der Waals surface area contributed by atoms with Gasteiger partial charge in [0.2, 0.25) is 0 Å². The van der Waals surface area contributed by atoms with Crippen molar-refractivity contribution < 1.29 is 4.79 Å². The van der Waals surface area contributed by atoms with Crippen molar-refractivity contribution in [3.05, 3.63) is 23.8 Å². The lowest BCUT2D eigenvalue weighted by atomic mass is 9.98.